The number of allylic oxidation sites excluding steroid dienone is 1. The van der Waals surface area contributed by atoms with Crippen LogP contribution in [0.25, 0.3) is 11.3 Å². The van der Waals surface area contributed by atoms with Crippen LogP contribution in [0, 0.1) is 21.4 Å². The number of non-ortho nitro benzene ring substituents is 1. The lowest BCUT2D eigenvalue weighted by atomic mass is 9.72. The molecule has 1 atom stereocenters. The van der Waals surface area contributed by atoms with E-state index in [0.717, 1.165) is 28.8 Å². The highest BCUT2D eigenvalue weighted by Crippen LogP contribution is 2.57. The van der Waals surface area contributed by atoms with Crippen molar-refractivity contribution in [2.75, 3.05) is 4.90 Å². The van der Waals surface area contributed by atoms with Gasteiger partial charge in [-0.15, -0.1) is 0 Å². The highest BCUT2D eigenvalue weighted by Gasteiger charge is 2.59. The Balaban J connectivity index is 1.83. The molecule has 0 fully saturated rings. The monoisotopic (exact) mass is 468 g/mol. The van der Waals surface area contributed by atoms with Gasteiger partial charge < -0.3 is 15.4 Å². The van der Waals surface area contributed by atoms with E-state index in [0.29, 0.717) is 11.1 Å². The Morgan fingerprint density at radius 1 is 1.20 bits per heavy atom. The number of rotatable bonds is 3. The number of nitro groups is 1. The lowest BCUT2D eigenvalue weighted by molar-refractivity contribution is -0.384. The molecule has 3 aliphatic heterocycles. The summed E-state index contributed by atoms with van der Waals surface area (Å²) in [6.07, 6.45) is 4.46. The molecule has 0 aromatic heterocycles. The maximum absolute atomic E-state index is 14.4. The summed E-state index contributed by atoms with van der Waals surface area (Å²) in [7, 11) is 0. The minimum Gasteiger partial charge on any atom is -0.440 e. The minimum absolute atomic E-state index is 0.0338. The van der Waals surface area contributed by atoms with E-state index in [2.05, 4.69) is 18.2 Å². The van der Waals surface area contributed by atoms with Crippen molar-refractivity contribution in [3.8, 4) is 6.07 Å². The normalized spacial score (nSPS) is 21.8. The fourth-order valence-corrected chi connectivity index (χ4v) is 5.43. The number of carbonyl (C=O) groups excluding carboxylic acids is 1. The average molecular weight is 469 g/mol. The lowest BCUT2D eigenvalue weighted by Gasteiger charge is -2.39. The van der Waals surface area contributed by atoms with Gasteiger partial charge in [-0.2, -0.15) is 5.26 Å². The van der Waals surface area contributed by atoms with E-state index >= 15 is 0 Å². The number of hydrogen-bond acceptors (Lipinski definition) is 6. The van der Waals surface area contributed by atoms with Crippen molar-refractivity contribution in [3.63, 3.8) is 0 Å². The van der Waals surface area contributed by atoms with Gasteiger partial charge in [0.05, 0.1) is 16.1 Å². The maximum atomic E-state index is 14.4. The molecule has 1 unspecified atom stereocenters. The molecule has 3 aliphatic rings. The van der Waals surface area contributed by atoms with Crippen LogP contribution in [-0.2, 0) is 21.4 Å². The standard InChI is InChI=1S/C27H24N4O4/c1-5-16-10-19-15(2)12-26(3,4)30-23(19)20(11-16)27(25(30)32)13-22(35-24(29)21(27)14-28)17-6-8-18(9-7-17)31(33)34/h6-13H,5,29H2,1-4H3. The molecular formula is C27H24N4O4. The van der Waals surface area contributed by atoms with Gasteiger partial charge in [0.25, 0.3) is 5.69 Å². The van der Waals surface area contributed by atoms with Crippen LogP contribution >= 0.6 is 0 Å². The largest absolute Gasteiger partial charge is 0.440 e. The molecule has 2 N–H and O–H groups in total. The van der Waals surface area contributed by atoms with Crippen LogP contribution in [0.5, 0.6) is 0 Å². The summed E-state index contributed by atoms with van der Waals surface area (Å²) in [4.78, 5) is 26.7. The number of carbonyl (C=O) groups is 1. The van der Waals surface area contributed by atoms with Crippen molar-refractivity contribution >= 4 is 28.6 Å². The van der Waals surface area contributed by atoms with Gasteiger partial charge in [0.1, 0.15) is 22.8 Å². The Morgan fingerprint density at radius 3 is 2.49 bits per heavy atom. The average Bonchev–Trinajstić information content (AvgIpc) is 3.06. The molecule has 8 nitrogen and oxygen atoms in total. The Kier molecular flexibility index (Phi) is 4.68. The molecule has 5 rings (SSSR count). The molecule has 0 aliphatic carbocycles. The van der Waals surface area contributed by atoms with Crippen molar-refractivity contribution in [2.45, 2.75) is 45.1 Å². The molecule has 0 saturated carbocycles. The van der Waals surface area contributed by atoms with Gasteiger partial charge in [-0.3, -0.25) is 14.9 Å². The second kappa shape index (κ2) is 7.31. The molecule has 1 amide bonds. The van der Waals surface area contributed by atoms with E-state index in [1.807, 2.05) is 33.8 Å². The molecule has 1 spiro atoms. The molecule has 2 aromatic carbocycles. The summed E-state index contributed by atoms with van der Waals surface area (Å²) in [6.45, 7) is 8.00. The number of nitrogens with two attached hydrogens (primary N) is 1. The third-order valence-corrected chi connectivity index (χ3v) is 7.02. The first-order valence-electron chi connectivity index (χ1n) is 11.3. The number of benzene rings is 2. The zero-order valence-corrected chi connectivity index (χ0v) is 19.9. The summed E-state index contributed by atoms with van der Waals surface area (Å²) in [6, 6.07) is 12.0. The molecule has 3 heterocycles. The SMILES string of the molecule is CCc1cc2c3c(c1)C1(C=C(c4ccc([N+](=O)[O-])cc4)OC(N)=C1C#N)C(=O)N3C(C)(C)C=C2C. The number of nitriles is 1. The summed E-state index contributed by atoms with van der Waals surface area (Å²) >= 11 is 0. The Labute approximate surface area is 202 Å². The first kappa shape index (κ1) is 22.4. The van der Waals surface area contributed by atoms with Crippen molar-refractivity contribution in [1.82, 2.24) is 0 Å². The van der Waals surface area contributed by atoms with Crippen LogP contribution in [0.15, 0.2) is 60.0 Å². The molecule has 35 heavy (non-hydrogen) atoms. The van der Waals surface area contributed by atoms with E-state index in [4.69, 9.17) is 10.5 Å². The zero-order valence-electron chi connectivity index (χ0n) is 19.9. The number of aryl methyl sites for hydroxylation is 1. The third-order valence-electron chi connectivity index (χ3n) is 7.02. The van der Waals surface area contributed by atoms with Crippen molar-refractivity contribution < 1.29 is 14.5 Å². The first-order valence-corrected chi connectivity index (χ1v) is 11.3. The van der Waals surface area contributed by atoms with Crippen molar-refractivity contribution in [1.29, 1.82) is 5.26 Å². The molecule has 0 saturated heterocycles. The van der Waals surface area contributed by atoms with E-state index in [1.54, 1.807) is 23.1 Å². The molecule has 8 heteroatoms. The summed E-state index contributed by atoms with van der Waals surface area (Å²) < 4.78 is 5.81. The number of fused-ring (bicyclic) bond motifs is 1. The summed E-state index contributed by atoms with van der Waals surface area (Å²) in [5, 5.41) is 21.3. The molecule has 2 aromatic rings. The van der Waals surface area contributed by atoms with E-state index in [9.17, 15) is 20.2 Å². The highest BCUT2D eigenvalue weighted by atomic mass is 16.6. The molecule has 176 valence electrons. The van der Waals surface area contributed by atoms with Gasteiger partial charge in [-0.25, -0.2) is 0 Å². The first-order chi connectivity index (χ1) is 16.5. The zero-order chi connectivity index (χ0) is 25.3. The number of hydrogen-bond donors (Lipinski definition) is 1. The van der Waals surface area contributed by atoms with E-state index in [1.165, 1.54) is 12.1 Å². The van der Waals surface area contributed by atoms with Crippen LogP contribution in [0.3, 0.4) is 0 Å². The fourth-order valence-electron chi connectivity index (χ4n) is 5.43. The van der Waals surface area contributed by atoms with E-state index in [-0.39, 0.29) is 28.8 Å². The molecule has 0 radical (unpaired) electrons. The Bertz CT molecular complexity index is 1460. The van der Waals surface area contributed by atoms with Crippen LogP contribution in [0.1, 0.15) is 49.9 Å². The van der Waals surface area contributed by atoms with Crippen LogP contribution < -0.4 is 10.6 Å². The number of anilines is 1. The smallest absolute Gasteiger partial charge is 0.269 e. The van der Waals surface area contributed by atoms with Gasteiger partial charge in [0, 0.05) is 28.8 Å². The number of nitrogens with zero attached hydrogens (tertiary/aromatic N) is 3. The predicted octanol–water partition coefficient (Wildman–Crippen LogP) is 4.70. The maximum Gasteiger partial charge on any atom is 0.269 e. The Morgan fingerprint density at radius 2 is 1.89 bits per heavy atom. The van der Waals surface area contributed by atoms with Gasteiger partial charge >= 0.3 is 0 Å². The predicted molar refractivity (Wildman–Crippen MR) is 132 cm³/mol. The van der Waals surface area contributed by atoms with E-state index < -0.39 is 15.9 Å². The van der Waals surface area contributed by atoms with Gasteiger partial charge in [0.15, 0.2) is 0 Å². The van der Waals surface area contributed by atoms with Crippen LogP contribution in [0.4, 0.5) is 11.4 Å². The number of amides is 1. The van der Waals surface area contributed by atoms with Gasteiger partial charge in [0.2, 0.25) is 11.8 Å². The van der Waals surface area contributed by atoms with Crippen LogP contribution in [-0.4, -0.2) is 16.4 Å². The number of ether oxygens (including phenoxy) is 1. The van der Waals surface area contributed by atoms with Crippen LogP contribution in [0.2, 0.25) is 0 Å². The topological polar surface area (TPSA) is 122 Å². The van der Waals surface area contributed by atoms with Crippen molar-refractivity contribution in [3.05, 3.63) is 92.4 Å². The van der Waals surface area contributed by atoms with Gasteiger partial charge in [-0.05, 0) is 62.6 Å². The highest BCUT2D eigenvalue weighted by molar-refractivity contribution is 6.17. The third kappa shape index (κ3) is 2.94. The molecular weight excluding hydrogens is 444 g/mol. The summed E-state index contributed by atoms with van der Waals surface area (Å²) in [5.74, 6) is -0.171. The van der Waals surface area contributed by atoms with Crippen molar-refractivity contribution in [2.24, 2.45) is 5.73 Å². The lowest BCUT2D eigenvalue weighted by Crippen LogP contribution is -2.51. The second-order valence-electron chi connectivity index (χ2n) is 9.59. The summed E-state index contributed by atoms with van der Waals surface area (Å²) in [5.41, 5.74) is 9.17. The minimum atomic E-state index is -1.47. The fraction of sp³-hybridized carbons (Fsp3) is 0.259. The quantitative estimate of drug-likeness (QED) is 0.514. The van der Waals surface area contributed by atoms with Gasteiger partial charge in [-0.1, -0.05) is 19.1 Å². The molecule has 0 bridgehead atoms. The number of nitro benzene ring substituents is 1. The Hall–Kier alpha value is -4.38. The second-order valence-corrected chi connectivity index (χ2v) is 9.59.